The molecule has 2 aromatic rings. The first-order valence-corrected chi connectivity index (χ1v) is 6.90. The Labute approximate surface area is 104 Å². The predicted octanol–water partition coefficient (Wildman–Crippen LogP) is 3.05. The van der Waals surface area contributed by atoms with Crippen molar-refractivity contribution in [2.45, 2.75) is 32.3 Å². The van der Waals surface area contributed by atoms with Crippen LogP contribution in [0.1, 0.15) is 26.2 Å². The van der Waals surface area contributed by atoms with Gasteiger partial charge in [0.2, 0.25) is 11.8 Å². The summed E-state index contributed by atoms with van der Waals surface area (Å²) < 4.78 is 5.92. The molecule has 0 amide bonds. The van der Waals surface area contributed by atoms with Gasteiger partial charge in [0.25, 0.3) is 0 Å². The van der Waals surface area contributed by atoms with E-state index in [-0.39, 0.29) is 0 Å². The molecule has 0 atom stereocenters. The summed E-state index contributed by atoms with van der Waals surface area (Å²) in [6, 6.07) is 2.03. The quantitative estimate of drug-likeness (QED) is 0.904. The van der Waals surface area contributed by atoms with Crippen molar-refractivity contribution in [2.24, 2.45) is 0 Å². The summed E-state index contributed by atoms with van der Waals surface area (Å²) in [5, 5.41) is 6.21. The second-order valence-electron chi connectivity index (χ2n) is 4.19. The predicted molar refractivity (Wildman–Crippen MR) is 69.8 cm³/mol. The van der Waals surface area contributed by atoms with Crippen molar-refractivity contribution < 1.29 is 4.74 Å². The van der Waals surface area contributed by atoms with Gasteiger partial charge in [-0.2, -0.15) is 4.98 Å². The molecule has 0 spiro atoms. The highest BCUT2D eigenvalue weighted by Gasteiger charge is 2.21. The fourth-order valence-corrected chi connectivity index (χ4v) is 2.56. The number of ether oxygens (including phenoxy) is 1. The number of anilines is 1. The summed E-state index contributed by atoms with van der Waals surface area (Å²) in [7, 11) is 0. The number of hydrogen-bond acceptors (Lipinski definition) is 5. The van der Waals surface area contributed by atoms with Crippen molar-refractivity contribution >= 4 is 27.5 Å². The van der Waals surface area contributed by atoms with Crippen molar-refractivity contribution in [3.63, 3.8) is 0 Å². The molecule has 0 bridgehead atoms. The van der Waals surface area contributed by atoms with Gasteiger partial charge in [0.1, 0.15) is 10.9 Å². The van der Waals surface area contributed by atoms with Crippen LogP contribution in [0.3, 0.4) is 0 Å². The van der Waals surface area contributed by atoms with Crippen LogP contribution in [0.5, 0.6) is 5.88 Å². The number of rotatable bonds is 4. The molecule has 1 N–H and O–H groups in total. The van der Waals surface area contributed by atoms with E-state index in [9.17, 15) is 0 Å². The third-order valence-electron chi connectivity index (χ3n) is 2.96. The van der Waals surface area contributed by atoms with Gasteiger partial charge in [0.05, 0.1) is 5.39 Å². The summed E-state index contributed by atoms with van der Waals surface area (Å²) >= 11 is 1.62. The molecule has 1 fully saturated rings. The van der Waals surface area contributed by atoms with Gasteiger partial charge in [0.15, 0.2) is 0 Å². The SMILES string of the molecule is CCNc1nc(OC2CCC2)c2ccsc2n1. The van der Waals surface area contributed by atoms with E-state index >= 15 is 0 Å². The minimum atomic E-state index is 0.350. The summed E-state index contributed by atoms with van der Waals surface area (Å²) in [4.78, 5) is 9.89. The molecule has 2 aromatic heterocycles. The number of nitrogens with one attached hydrogen (secondary N) is 1. The third kappa shape index (κ3) is 2.07. The van der Waals surface area contributed by atoms with Crippen LogP contribution in [0.4, 0.5) is 5.95 Å². The summed E-state index contributed by atoms with van der Waals surface area (Å²) in [6.07, 6.45) is 3.91. The molecule has 0 aliphatic heterocycles. The molecular weight excluding hydrogens is 234 g/mol. The lowest BCUT2D eigenvalue weighted by atomic mass is 9.96. The van der Waals surface area contributed by atoms with E-state index in [1.54, 1.807) is 11.3 Å². The first-order chi connectivity index (χ1) is 8.36. The highest BCUT2D eigenvalue weighted by Crippen LogP contribution is 2.31. The van der Waals surface area contributed by atoms with Crippen LogP contribution in [0, 0.1) is 0 Å². The second-order valence-corrected chi connectivity index (χ2v) is 5.09. The number of hydrogen-bond donors (Lipinski definition) is 1. The standard InChI is InChI=1S/C12H15N3OS/c1-2-13-12-14-10(16-8-4-3-5-8)9-6-7-17-11(9)15-12/h6-8H,2-5H2,1H3,(H,13,14,15). The molecule has 0 saturated heterocycles. The normalized spacial score (nSPS) is 15.8. The van der Waals surface area contributed by atoms with E-state index in [0.29, 0.717) is 12.1 Å². The van der Waals surface area contributed by atoms with Crippen molar-refractivity contribution in [2.75, 3.05) is 11.9 Å². The van der Waals surface area contributed by atoms with E-state index in [1.807, 2.05) is 18.4 Å². The summed E-state index contributed by atoms with van der Waals surface area (Å²) in [5.74, 6) is 1.40. The maximum Gasteiger partial charge on any atom is 0.227 e. The minimum absolute atomic E-state index is 0.350. The molecule has 1 aliphatic rings. The maximum absolute atomic E-state index is 5.92. The second kappa shape index (κ2) is 4.49. The molecule has 0 unspecified atom stereocenters. The van der Waals surface area contributed by atoms with Crippen molar-refractivity contribution in [1.82, 2.24) is 9.97 Å². The maximum atomic E-state index is 5.92. The Hall–Kier alpha value is -1.36. The molecule has 0 aromatic carbocycles. The lowest BCUT2D eigenvalue weighted by Crippen LogP contribution is -2.25. The van der Waals surface area contributed by atoms with Gasteiger partial charge in [-0.15, -0.1) is 11.3 Å². The van der Waals surface area contributed by atoms with Crippen molar-refractivity contribution in [1.29, 1.82) is 0 Å². The number of fused-ring (bicyclic) bond motifs is 1. The Balaban J connectivity index is 1.96. The van der Waals surface area contributed by atoms with Gasteiger partial charge < -0.3 is 10.1 Å². The lowest BCUT2D eigenvalue weighted by molar-refractivity contribution is 0.117. The summed E-state index contributed by atoms with van der Waals surface area (Å²) in [6.45, 7) is 2.86. The zero-order valence-corrected chi connectivity index (χ0v) is 10.6. The van der Waals surface area contributed by atoms with E-state index in [4.69, 9.17) is 4.74 Å². The van der Waals surface area contributed by atoms with Crippen LogP contribution >= 0.6 is 11.3 Å². The lowest BCUT2D eigenvalue weighted by Gasteiger charge is -2.26. The molecule has 0 radical (unpaired) electrons. The van der Waals surface area contributed by atoms with Gasteiger partial charge >= 0.3 is 0 Å². The highest BCUT2D eigenvalue weighted by molar-refractivity contribution is 7.16. The Bertz CT molecular complexity index is 521. The molecule has 3 rings (SSSR count). The molecule has 1 aliphatic carbocycles. The van der Waals surface area contributed by atoms with Gasteiger partial charge in [0, 0.05) is 6.54 Å². The van der Waals surface area contributed by atoms with Crippen LogP contribution in [-0.2, 0) is 0 Å². The average molecular weight is 249 g/mol. The van der Waals surface area contributed by atoms with Crippen LogP contribution in [0.25, 0.3) is 10.2 Å². The third-order valence-corrected chi connectivity index (χ3v) is 3.76. The van der Waals surface area contributed by atoms with Gasteiger partial charge in [-0.25, -0.2) is 4.98 Å². The van der Waals surface area contributed by atoms with E-state index < -0.39 is 0 Å². The van der Waals surface area contributed by atoms with Gasteiger partial charge in [-0.1, -0.05) is 0 Å². The van der Waals surface area contributed by atoms with Crippen molar-refractivity contribution in [3.8, 4) is 5.88 Å². The van der Waals surface area contributed by atoms with Gasteiger partial charge in [-0.3, -0.25) is 0 Å². The fraction of sp³-hybridized carbons (Fsp3) is 0.500. The molecule has 90 valence electrons. The Kier molecular flexibility index (Phi) is 2.84. The minimum Gasteiger partial charge on any atom is -0.474 e. The molecule has 2 heterocycles. The molecule has 1 saturated carbocycles. The number of nitrogens with zero attached hydrogens (tertiary/aromatic N) is 2. The first kappa shape index (κ1) is 10.8. The Morgan fingerprint density at radius 2 is 2.35 bits per heavy atom. The van der Waals surface area contributed by atoms with E-state index in [2.05, 4.69) is 15.3 Å². The van der Waals surface area contributed by atoms with Crippen LogP contribution in [0.15, 0.2) is 11.4 Å². The smallest absolute Gasteiger partial charge is 0.227 e. The van der Waals surface area contributed by atoms with Crippen molar-refractivity contribution in [3.05, 3.63) is 11.4 Å². The zero-order chi connectivity index (χ0) is 11.7. The monoisotopic (exact) mass is 249 g/mol. The molecule has 4 nitrogen and oxygen atoms in total. The number of aromatic nitrogens is 2. The topological polar surface area (TPSA) is 47.0 Å². The van der Waals surface area contributed by atoms with Crippen LogP contribution < -0.4 is 10.1 Å². The molecule has 17 heavy (non-hydrogen) atoms. The molecular formula is C12H15N3OS. The molecule has 5 heteroatoms. The Morgan fingerprint density at radius 3 is 3.06 bits per heavy atom. The van der Waals surface area contributed by atoms with Crippen LogP contribution in [0.2, 0.25) is 0 Å². The number of thiophene rings is 1. The van der Waals surface area contributed by atoms with E-state index in [0.717, 1.165) is 35.5 Å². The van der Waals surface area contributed by atoms with Crippen LogP contribution in [-0.4, -0.2) is 22.6 Å². The largest absolute Gasteiger partial charge is 0.474 e. The zero-order valence-electron chi connectivity index (χ0n) is 9.77. The van der Waals surface area contributed by atoms with E-state index in [1.165, 1.54) is 6.42 Å². The average Bonchev–Trinajstić information content (AvgIpc) is 2.71. The first-order valence-electron chi connectivity index (χ1n) is 6.02. The Morgan fingerprint density at radius 1 is 1.47 bits per heavy atom. The van der Waals surface area contributed by atoms with Gasteiger partial charge in [-0.05, 0) is 37.6 Å². The summed E-state index contributed by atoms with van der Waals surface area (Å²) in [5.41, 5.74) is 0. The fourth-order valence-electron chi connectivity index (χ4n) is 1.80. The highest BCUT2D eigenvalue weighted by atomic mass is 32.1.